The van der Waals surface area contributed by atoms with Gasteiger partial charge in [0.05, 0.1) is 6.67 Å². The Morgan fingerprint density at radius 1 is 1.09 bits per heavy atom. The fourth-order valence-corrected chi connectivity index (χ4v) is 9.21. The molecule has 0 radical (unpaired) electrons. The molecule has 3 saturated carbocycles. The van der Waals surface area contributed by atoms with Gasteiger partial charge >= 0.3 is 6.09 Å². The maximum atomic E-state index is 12.2. The standard InChI is InChI=1S/C31H54N2O2/c1-7-32-20-33-29(34)35-24-15-17-30(5)23(19-24)11-12-25-27-14-13-26(22(4)10-8-9-21(2)3)31(27,6)18-16-28(25)30/h11,21-22,24-28,32H,7-10,12-20H2,1-6H3,(H,33,34)/t22?,24-,25?,26?,27?,28?,30-,31+/m0/s1. The van der Waals surface area contributed by atoms with Gasteiger partial charge in [-0.3, -0.25) is 0 Å². The zero-order valence-electron chi connectivity index (χ0n) is 23.6. The lowest BCUT2D eigenvalue weighted by atomic mass is 9.47. The molecule has 4 nitrogen and oxygen atoms in total. The van der Waals surface area contributed by atoms with Gasteiger partial charge in [0.25, 0.3) is 0 Å². The quantitative estimate of drug-likeness (QED) is 0.199. The lowest BCUT2D eigenvalue weighted by molar-refractivity contribution is -0.0581. The van der Waals surface area contributed by atoms with E-state index in [1.807, 2.05) is 6.92 Å². The van der Waals surface area contributed by atoms with Crippen LogP contribution in [0.25, 0.3) is 0 Å². The highest BCUT2D eigenvalue weighted by Gasteiger charge is 2.59. The number of carbonyl (C=O) groups is 1. The fraction of sp³-hybridized carbons (Fsp3) is 0.903. The van der Waals surface area contributed by atoms with Crippen molar-refractivity contribution in [1.29, 1.82) is 0 Å². The Balaban J connectivity index is 1.39. The maximum Gasteiger partial charge on any atom is 0.408 e. The van der Waals surface area contributed by atoms with E-state index in [0.29, 0.717) is 17.5 Å². The van der Waals surface area contributed by atoms with Gasteiger partial charge in [0.15, 0.2) is 0 Å². The number of nitrogens with one attached hydrogen (secondary N) is 2. The molecule has 35 heavy (non-hydrogen) atoms. The molecule has 0 aromatic rings. The number of ether oxygens (including phenoxy) is 1. The molecule has 0 aliphatic heterocycles. The Morgan fingerprint density at radius 2 is 1.89 bits per heavy atom. The molecule has 4 aliphatic rings. The summed E-state index contributed by atoms with van der Waals surface area (Å²) < 4.78 is 5.81. The molecular weight excluding hydrogens is 432 g/mol. The summed E-state index contributed by atoms with van der Waals surface area (Å²) in [5.74, 6) is 5.21. The van der Waals surface area contributed by atoms with E-state index >= 15 is 0 Å². The SMILES string of the molecule is CCNCNC(=O)O[C@H]1CC[C@@]2(C)C(=CCC3C4CCC(C(C)CCCC(C)C)[C@@]4(C)CCC32)C1. The molecule has 0 saturated heterocycles. The van der Waals surface area contributed by atoms with Crippen molar-refractivity contribution >= 4 is 6.09 Å². The summed E-state index contributed by atoms with van der Waals surface area (Å²) in [5.41, 5.74) is 2.45. The smallest absolute Gasteiger partial charge is 0.408 e. The summed E-state index contributed by atoms with van der Waals surface area (Å²) in [6, 6.07) is 0. The first-order chi connectivity index (χ1) is 16.7. The lowest BCUT2D eigenvalue weighted by Gasteiger charge is -2.58. The first-order valence-electron chi connectivity index (χ1n) is 15.0. The van der Waals surface area contributed by atoms with Crippen LogP contribution in [0, 0.1) is 46.3 Å². The second-order valence-electron chi connectivity index (χ2n) is 13.5. The van der Waals surface area contributed by atoms with Crippen molar-refractivity contribution < 1.29 is 9.53 Å². The maximum absolute atomic E-state index is 12.2. The third-order valence-electron chi connectivity index (χ3n) is 11.1. The Hall–Kier alpha value is -1.03. The minimum atomic E-state index is -0.276. The summed E-state index contributed by atoms with van der Waals surface area (Å²) in [5, 5.41) is 5.95. The van der Waals surface area contributed by atoms with Crippen molar-refractivity contribution in [2.45, 2.75) is 118 Å². The van der Waals surface area contributed by atoms with Crippen LogP contribution in [0.1, 0.15) is 112 Å². The van der Waals surface area contributed by atoms with Crippen molar-refractivity contribution in [2.75, 3.05) is 13.2 Å². The van der Waals surface area contributed by atoms with Crippen LogP contribution in [0.5, 0.6) is 0 Å². The molecule has 8 atom stereocenters. The van der Waals surface area contributed by atoms with E-state index in [-0.39, 0.29) is 12.2 Å². The van der Waals surface area contributed by atoms with Gasteiger partial charge in [-0.05, 0) is 97.8 Å². The van der Waals surface area contributed by atoms with Crippen LogP contribution in [0.15, 0.2) is 11.6 Å². The van der Waals surface area contributed by atoms with Crippen LogP contribution in [0.3, 0.4) is 0 Å². The number of carbonyl (C=O) groups excluding carboxylic acids is 1. The fourth-order valence-electron chi connectivity index (χ4n) is 9.21. The number of fused-ring (bicyclic) bond motifs is 5. The Morgan fingerprint density at radius 3 is 2.63 bits per heavy atom. The summed E-state index contributed by atoms with van der Waals surface area (Å²) in [4.78, 5) is 12.2. The molecule has 0 aromatic carbocycles. The first kappa shape index (κ1) is 27.0. The average molecular weight is 487 g/mol. The highest BCUT2D eigenvalue weighted by Crippen LogP contribution is 2.67. The normalized spacial score (nSPS) is 39.3. The number of alkyl carbamates (subject to hydrolysis) is 1. The Kier molecular flexibility index (Phi) is 8.61. The van der Waals surface area contributed by atoms with E-state index < -0.39 is 0 Å². The highest BCUT2D eigenvalue weighted by molar-refractivity contribution is 5.67. The van der Waals surface area contributed by atoms with Crippen molar-refractivity contribution in [2.24, 2.45) is 46.3 Å². The van der Waals surface area contributed by atoms with Crippen LogP contribution in [0.2, 0.25) is 0 Å². The van der Waals surface area contributed by atoms with Gasteiger partial charge in [0, 0.05) is 6.42 Å². The molecule has 1 amide bonds. The molecule has 4 rings (SSSR count). The summed E-state index contributed by atoms with van der Waals surface area (Å²) in [7, 11) is 0. The number of rotatable bonds is 9. The van der Waals surface area contributed by atoms with Crippen molar-refractivity contribution in [3.05, 3.63) is 11.6 Å². The van der Waals surface area contributed by atoms with Crippen molar-refractivity contribution in [1.82, 2.24) is 10.6 Å². The number of amides is 1. The summed E-state index contributed by atoms with van der Waals surface area (Å²) in [6.45, 7) is 15.9. The van der Waals surface area contributed by atoms with E-state index in [1.54, 1.807) is 5.57 Å². The first-order valence-corrected chi connectivity index (χ1v) is 15.0. The molecule has 0 heterocycles. The number of hydrogen-bond donors (Lipinski definition) is 2. The van der Waals surface area contributed by atoms with E-state index in [2.05, 4.69) is 51.3 Å². The van der Waals surface area contributed by atoms with Crippen LogP contribution >= 0.6 is 0 Å². The van der Waals surface area contributed by atoms with Crippen LogP contribution in [0.4, 0.5) is 4.79 Å². The molecular formula is C31H54N2O2. The third kappa shape index (κ3) is 5.48. The van der Waals surface area contributed by atoms with Gasteiger partial charge in [-0.1, -0.05) is 72.5 Å². The van der Waals surface area contributed by atoms with Gasteiger partial charge < -0.3 is 15.4 Å². The third-order valence-corrected chi connectivity index (χ3v) is 11.1. The predicted molar refractivity (Wildman–Crippen MR) is 145 cm³/mol. The second kappa shape index (κ2) is 11.2. The van der Waals surface area contributed by atoms with E-state index in [0.717, 1.165) is 54.9 Å². The molecule has 4 aliphatic carbocycles. The monoisotopic (exact) mass is 486 g/mol. The van der Waals surface area contributed by atoms with Gasteiger partial charge in [0.2, 0.25) is 0 Å². The van der Waals surface area contributed by atoms with E-state index in [4.69, 9.17) is 4.74 Å². The predicted octanol–water partition coefficient (Wildman–Crippen LogP) is 7.69. The van der Waals surface area contributed by atoms with Gasteiger partial charge in [-0.25, -0.2) is 4.79 Å². The molecule has 200 valence electrons. The zero-order chi connectivity index (χ0) is 25.2. The van der Waals surface area contributed by atoms with E-state index in [1.165, 1.54) is 57.8 Å². The topological polar surface area (TPSA) is 50.4 Å². The largest absolute Gasteiger partial charge is 0.446 e. The van der Waals surface area contributed by atoms with Crippen LogP contribution < -0.4 is 10.6 Å². The molecule has 0 spiro atoms. The van der Waals surface area contributed by atoms with E-state index in [9.17, 15) is 4.79 Å². The minimum Gasteiger partial charge on any atom is -0.446 e. The molecule has 2 N–H and O–H groups in total. The Bertz CT molecular complexity index is 763. The van der Waals surface area contributed by atoms with Crippen LogP contribution in [-0.4, -0.2) is 25.4 Å². The number of allylic oxidation sites excluding steroid dienone is 1. The second-order valence-corrected chi connectivity index (χ2v) is 13.5. The summed E-state index contributed by atoms with van der Waals surface area (Å²) in [6.07, 6.45) is 16.7. The highest BCUT2D eigenvalue weighted by atomic mass is 16.6. The molecule has 0 bridgehead atoms. The summed E-state index contributed by atoms with van der Waals surface area (Å²) >= 11 is 0. The molecule has 5 unspecified atom stereocenters. The average Bonchev–Trinajstić information content (AvgIpc) is 3.16. The van der Waals surface area contributed by atoms with Crippen molar-refractivity contribution in [3.8, 4) is 0 Å². The molecule has 3 fully saturated rings. The van der Waals surface area contributed by atoms with Gasteiger partial charge in [0.1, 0.15) is 6.10 Å². The Labute approximate surface area is 215 Å². The minimum absolute atomic E-state index is 0.0314. The molecule has 4 heteroatoms. The van der Waals surface area contributed by atoms with Crippen molar-refractivity contribution in [3.63, 3.8) is 0 Å². The molecule has 0 aromatic heterocycles. The van der Waals surface area contributed by atoms with Gasteiger partial charge in [-0.15, -0.1) is 0 Å². The van der Waals surface area contributed by atoms with Crippen LogP contribution in [-0.2, 0) is 4.74 Å². The zero-order valence-corrected chi connectivity index (χ0v) is 23.6. The van der Waals surface area contributed by atoms with Gasteiger partial charge in [-0.2, -0.15) is 0 Å². The number of hydrogen-bond acceptors (Lipinski definition) is 3. The lowest BCUT2D eigenvalue weighted by Crippen LogP contribution is -2.51.